The third-order valence-electron chi connectivity index (χ3n) is 2.45. The van der Waals surface area contributed by atoms with Gasteiger partial charge in [0.1, 0.15) is 5.75 Å². The molecule has 0 aromatic heterocycles. The summed E-state index contributed by atoms with van der Waals surface area (Å²) in [6, 6.07) is 3.07. The Morgan fingerprint density at radius 2 is 1.85 bits per heavy atom. The number of amides is 1. The average Bonchev–Trinajstić information content (AvgIpc) is 2.25. The number of halogens is 3. The molecule has 1 amide bonds. The molecule has 0 aliphatic rings. The molecule has 0 bridgehead atoms. The Hall–Kier alpha value is -1.72. The summed E-state index contributed by atoms with van der Waals surface area (Å²) in [4.78, 5) is 11.6. The fourth-order valence-corrected chi connectivity index (χ4v) is 1.56. The van der Waals surface area contributed by atoms with E-state index in [2.05, 4.69) is 5.32 Å². The second kappa shape index (κ2) is 5.73. The highest BCUT2D eigenvalue weighted by atomic mass is 19.4. The van der Waals surface area contributed by atoms with Crippen molar-refractivity contribution in [3.63, 3.8) is 0 Å². The third-order valence-corrected chi connectivity index (χ3v) is 2.45. The lowest BCUT2D eigenvalue weighted by molar-refractivity contribution is -0.137. The van der Waals surface area contributed by atoms with Crippen molar-refractivity contribution < 1.29 is 22.7 Å². The first-order valence-corrected chi connectivity index (χ1v) is 6.23. The van der Waals surface area contributed by atoms with Crippen molar-refractivity contribution in [2.75, 3.05) is 0 Å². The van der Waals surface area contributed by atoms with Gasteiger partial charge in [0.15, 0.2) is 0 Å². The number of benzene rings is 1. The molecule has 20 heavy (non-hydrogen) atoms. The monoisotopic (exact) mass is 289 g/mol. The number of alkyl halides is 3. The normalized spacial score (nSPS) is 12.2. The van der Waals surface area contributed by atoms with Gasteiger partial charge in [-0.1, -0.05) is 6.92 Å². The quantitative estimate of drug-likeness (QED) is 0.888. The number of hydrogen-bond donors (Lipinski definition) is 1. The van der Waals surface area contributed by atoms with E-state index in [-0.39, 0.29) is 5.75 Å². The van der Waals surface area contributed by atoms with E-state index in [1.54, 1.807) is 27.7 Å². The number of ether oxygens (including phenoxy) is 1. The lowest BCUT2D eigenvalue weighted by Gasteiger charge is -2.20. The van der Waals surface area contributed by atoms with Gasteiger partial charge in [0.25, 0.3) is 0 Å². The molecule has 0 fully saturated rings. The summed E-state index contributed by atoms with van der Waals surface area (Å²) in [5.41, 5.74) is -0.892. The van der Waals surface area contributed by atoms with Gasteiger partial charge in [0, 0.05) is 5.54 Å². The standard InChI is InChI=1S/C14H18F3NO2/c1-5-9-8-10(14(15,16)17)6-7-11(9)20-12(19)18-13(2,3)4/h6-8H,5H2,1-4H3,(H,18,19). The fourth-order valence-electron chi connectivity index (χ4n) is 1.56. The first-order valence-electron chi connectivity index (χ1n) is 6.23. The first-order chi connectivity index (χ1) is 9.03. The van der Waals surface area contributed by atoms with E-state index in [1.165, 1.54) is 6.07 Å². The summed E-state index contributed by atoms with van der Waals surface area (Å²) in [5.74, 6) is 0.141. The van der Waals surface area contributed by atoms with Crippen LogP contribution in [0.3, 0.4) is 0 Å². The molecular weight excluding hydrogens is 271 g/mol. The Kier molecular flexibility index (Phi) is 4.68. The van der Waals surface area contributed by atoms with Crippen LogP contribution >= 0.6 is 0 Å². The minimum Gasteiger partial charge on any atom is -0.410 e. The van der Waals surface area contributed by atoms with Crippen LogP contribution in [-0.4, -0.2) is 11.6 Å². The molecule has 0 atom stereocenters. The third kappa shape index (κ3) is 4.75. The molecule has 0 heterocycles. The largest absolute Gasteiger partial charge is 0.416 e. The van der Waals surface area contributed by atoms with Crippen LogP contribution in [0, 0.1) is 0 Å². The molecule has 1 N–H and O–H groups in total. The predicted molar refractivity (Wildman–Crippen MR) is 69.7 cm³/mol. The van der Waals surface area contributed by atoms with Gasteiger partial charge >= 0.3 is 12.3 Å². The summed E-state index contributed by atoms with van der Waals surface area (Å²) in [6.45, 7) is 7.04. The molecule has 112 valence electrons. The van der Waals surface area contributed by atoms with Gasteiger partial charge in [-0.05, 0) is 51.0 Å². The van der Waals surface area contributed by atoms with Gasteiger partial charge in [-0.15, -0.1) is 0 Å². The number of hydrogen-bond acceptors (Lipinski definition) is 2. The molecule has 0 saturated heterocycles. The predicted octanol–water partition coefficient (Wildman–Crippen LogP) is 4.15. The molecule has 1 rings (SSSR count). The minimum atomic E-state index is -4.41. The van der Waals surface area contributed by atoms with Crippen molar-refractivity contribution in [1.29, 1.82) is 0 Å². The maximum atomic E-state index is 12.6. The molecular formula is C14H18F3NO2. The number of nitrogens with one attached hydrogen (secondary N) is 1. The smallest absolute Gasteiger partial charge is 0.410 e. The highest BCUT2D eigenvalue weighted by Gasteiger charge is 2.31. The highest BCUT2D eigenvalue weighted by Crippen LogP contribution is 2.32. The van der Waals surface area contributed by atoms with Crippen LogP contribution in [0.15, 0.2) is 18.2 Å². The lowest BCUT2D eigenvalue weighted by atomic mass is 10.1. The van der Waals surface area contributed by atoms with Crippen molar-refractivity contribution in [3.8, 4) is 5.75 Å². The summed E-state index contributed by atoms with van der Waals surface area (Å²) in [7, 11) is 0. The van der Waals surface area contributed by atoms with Gasteiger partial charge in [0.05, 0.1) is 5.56 Å². The lowest BCUT2D eigenvalue weighted by Crippen LogP contribution is -2.42. The van der Waals surface area contributed by atoms with Crippen LogP contribution in [0.2, 0.25) is 0 Å². The average molecular weight is 289 g/mol. The summed E-state index contributed by atoms with van der Waals surface area (Å²) < 4.78 is 42.9. The zero-order valence-corrected chi connectivity index (χ0v) is 11.9. The van der Waals surface area contributed by atoms with Crippen LogP contribution in [0.5, 0.6) is 5.75 Å². The number of carbonyl (C=O) groups is 1. The van der Waals surface area contributed by atoms with Gasteiger partial charge < -0.3 is 10.1 Å². The van der Waals surface area contributed by atoms with Crippen molar-refractivity contribution >= 4 is 6.09 Å². The van der Waals surface area contributed by atoms with Crippen LogP contribution in [0.1, 0.15) is 38.8 Å². The molecule has 1 aromatic rings. The van der Waals surface area contributed by atoms with Gasteiger partial charge in [0.2, 0.25) is 0 Å². The van der Waals surface area contributed by atoms with Crippen LogP contribution in [0.4, 0.5) is 18.0 Å². The molecule has 6 heteroatoms. The maximum Gasteiger partial charge on any atom is 0.416 e. The SMILES string of the molecule is CCc1cc(C(F)(F)F)ccc1OC(=O)NC(C)(C)C. The molecule has 3 nitrogen and oxygen atoms in total. The Balaban J connectivity index is 2.94. The Morgan fingerprint density at radius 3 is 2.30 bits per heavy atom. The summed E-state index contributed by atoms with van der Waals surface area (Å²) in [5, 5.41) is 2.58. The molecule has 0 saturated carbocycles. The van der Waals surface area contributed by atoms with E-state index in [0.29, 0.717) is 12.0 Å². The van der Waals surface area contributed by atoms with Crippen molar-refractivity contribution in [2.24, 2.45) is 0 Å². The first kappa shape index (κ1) is 16.3. The fraction of sp³-hybridized carbons (Fsp3) is 0.500. The Bertz CT molecular complexity index is 490. The number of aryl methyl sites for hydroxylation is 1. The second-order valence-electron chi connectivity index (χ2n) is 5.44. The summed E-state index contributed by atoms with van der Waals surface area (Å²) >= 11 is 0. The van der Waals surface area contributed by atoms with Gasteiger partial charge in [-0.25, -0.2) is 4.79 Å². The van der Waals surface area contributed by atoms with Crippen LogP contribution in [0.25, 0.3) is 0 Å². The molecule has 0 aliphatic carbocycles. The summed E-state index contributed by atoms with van der Waals surface area (Å²) in [6.07, 6.45) is -4.76. The van der Waals surface area contributed by atoms with Crippen LogP contribution < -0.4 is 10.1 Å². The minimum absolute atomic E-state index is 0.141. The zero-order chi connectivity index (χ0) is 15.6. The van der Waals surface area contributed by atoms with E-state index in [4.69, 9.17) is 4.74 Å². The molecule has 0 spiro atoms. The molecule has 0 unspecified atom stereocenters. The van der Waals surface area contributed by atoms with E-state index < -0.39 is 23.4 Å². The van der Waals surface area contributed by atoms with E-state index in [1.807, 2.05) is 0 Å². The number of carbonyl (C=O) groups excluding carboxylic acids is 1. The van der Waals surface area contributed by atoms with Crippen molar-refractivity contribution in [2.45, 2.75) is 45.8 Å². The molecule has 0 aliphatic heterocycles. The number of rotatable bonds is 2. The zero-order valence-electron chi connectivity index (χ0n) is 11.9. The van der Waals surface area contributed by atoms with E-state index in [9.17, 15) is 18.0 Å². The Morgan fingerprint density at radius 1 is 1.25 bits per heavy atom. The van der Waals surface area contributed by atoms with Gasteiger partial charge in [-0.2, -0.15) is 13.2 Å². The Labute approximate surface area is 116 Å². The van der Waals surface area contributed by atoms with Crippen molar-refractivity contribution in [1.82, 2.24) is 5.32 Å². The van der Waals surface area contributed by atoms with Crippen LogP contribution in [-0.2, 0) is 12.6 Å². The maximum absolute atomic E-state index is 12.6. The molecule has 0 radical (unpaired) electrons. The van der Waals surface area contributed by atoms with E-state index >= 15 is 0 Å². The molecule has 1 aromatic carbocycles. The van der Waals surface area contributed by atoms with Crippen molar-refractivity contribution in [3.05, 3.63) is 29.3 Å². The van der Waals surface area contributed by atoms with E-state index in [0.717, 1.165) is 12.1 Å². The van der Waals surface area contributed by atoms with Gasteiger partial charge in [-0.3, -0.25) is 0 Å². The highest BCUT2D eigenvalue weighted by molar-refractivity contribution is 5.71. The second-order valence-corrected chi connectivity index (χ2v) is 5.44. The topological polar surface area (TPSA) is 38.3 Å².